The molecule has 0 bridgehead atoms. The van der Waals surface area contributed by atoms with Gasteiger partial charge in [-0.1, -0.05) is 0 Å². The summed E-state index contributed by atoms with van der Waals surface area (Å²) in [7, 11) is 0. The Morgan fingerprint density at radius 2 is 1.95 bits per heavy atom. The summed E-state index contributed by atoms with van der Waals surface area (Å²) in [4.78, 5) is 25.4. The van der Waals surface area contributed by atoms with E-state index in [0.29, 0.717) is 26.1 Å². The van der Waals surface area contributed by atoms with E-state index in [2.05, 4.69) is 19.2 Å². The topological polar surface area (TPSA) is 58.6 Å². The first-order valence-corrected chi connectivity index (χ1v) is 6.88. The van der Waals surface area contributed by atoms with E-state index in [1.807, 2.05) is 13.8 Å². The third-order valence-electron chi connectivity index (χ3n) is 3.10. The van der Waals surface area contributed by atoms with Crippen LogP contribution < -0.4 is 5.32 Å². The quantitative estimate of drug-likeness (QED) is 0.783. The van der Waals surface area contributed by atoms with Crippen molar-refractivity contribution in [2.75, 3.05) is 19.7 Å². The molecule has 1 rings (SSSR count). The van der Waals surface area contributed by atoms with Gasteiger partial charge in [0, 0.05) is 30.6 Å². The summed E-state index contributed by atoms with van der Waals surface area (Å²) < 4.78 is 4.90. The fraction of sp³-hybridized carbons (Fsp3) is 0.857. The standard InChI is InChI=1S/C14H26N2O3/c1-6-19-12(18)7-8-16-10-14(4,5)15-13(2,3)9-11(16)17/h15H,6-10H2,1-5H3. The lowest BCUT2D eigenvalue weighted by molar-refractivity contribution is -0.144. The molecular weight excluding hydrogens is 244 g/mol. The molecule has 19 heavy (non-hydrogen) atoms. The van der Waals surface area contributed by atoms with Crippen molar-refractivity contribution in [3.05, 3.63) is 0 Å². The second-order valence-electron chi connectivity index (χ2n) is 6.44. The van der Waals surface area contributed by atoms with E-state index >= 15 is 0 Å². The lowest BCUT2D eigenvalue weighted by Gasteiger charge is -2.34. The van der Waals surface area contributed by atoms with E-state index in [1.165, 1.54) is 0 Å². The smallest absolute Gasteiger partial charge is 0.307 e. The summed E-state index contributed by atoms with van der Waals surface area (Å²) in [6, 6.07) is 0. The van der Waals surface area contributed by atoms with Crippen molar-refractivity contribution in [2.45, 2.75) is 58.5 Å². The zero-order valence-electron chi connectivity index (χ0n) is 12.7. The molecule has 0 aliphatic carbocycles. The monoisotopic (exact) mass is 270 g/mol. The largest absolute Gasteiger partial charge is 0.466 e. The van der Waals surface area contributed by atoms with Crippen LogP contribution in [0.5, 0.6) is 0 Å². The minimum Gasteiger partial charge on any atom is -0.466 e. The van der Waals surface area contributed by atoms with Gasteiger partial charge in [-0.25, -0.2) is 0 Å². The molecule has 0 aromatic heterocycles. The fourth-order valence-corrected chi connectivity index (χ4v) is 2.72. The predicted octanol–water partition coefficient (Wildman–Crippen LogP) is 1.32. The summed E-state index contributed by atoms with van der Waals surface area (Å²) in [6.45, 7) is 11.4. The van der Waals surface area contributed by atoms with E-state index in [4.69, 9.17) is 4.74 Å². The Labute approximate surface area is 115 Å². The number of ether oxygens (including phenoxy) is 1. The highest BCUT2D eigenvalue weighted by Crippen LogP contribution is 2.22. The number of nitrogens with one attached hydrogen (secondary N) is 1. The highest BCUT2D eigenvalue weighted by molar-refractivity contribution is 5.79. The first kappa shape index (κ1) is 16.0. The first-order valence-electron chi connectivity index (χ1n) is 6.88. The summed E-state index contributed by atoms with van der Waals surface area (Å²) in [5.41, 5.74) is -0.385. The molecule has 5 heteroatoms. The van der Waals surface area contributed by atoms with Gasteiger partial charge in [-0.15, -0.1) is 0 Å². The van der Waals surface area contributed by atoms with Crippen molar-refractivity contribution in [3.63, 3.8) is 0 Å². The molecular formula is C14H26N2O3. The molecule has 0 saturated carbocycles. The lowest BCUT2D eigenvalue weighted by Crippen LogP contribution is -2.53. The van der Waals surface area contributed by atoms with Gasteiger partial charge in [0.05, 0.1) is 13.0 Å². The van der Waals surface area contributed by atoms with Gasteiger partial charge in [0.25, 0.3) is 0 Å². The zero-order valence-corrected chi connectivity index (χ0v) is 12.7. The molecule has 1 saturated heterocycles. The van der Waals surface area contributed by atoms with Gasteiger partial charge in [-0.3, -0.25) is 9.59 Å². The SMILES string of the molecule is CCOC(=O)CCN1CC(C)(C)NC(C)(C)CC1=O. The molecule has 0 aromatic carbocycles. The Kier molecular flexibility index (Phi) is 4.96. The van der Waals surface area contributed by atoms with Crippen molar-refractivity contribution in [2.24, 2.45) is 0 Å². The number of amides is 1. The van der Waals surface area contributed by atoms with Gasteiger partial charge in [0.2, 0.25) is 5.91 Å². The minimum absolute atomic E-state index is 0.0902. The van der Waals surface area contributed by atoms with Crippen LogP contribution in [0, 0.1) is 0 Å². The van der Waals surface area contributed by atoms with Gasteiger partial charge in [-0.05, 0) is 34.6 Å². The van der Waals surface area contributed by atoms with Crippen LogP contribution in [0.3, 0.4) is 0 Å². The van der Waals surface area contributed by atoms with Crippen molar-refractivity contribution < 1.29 is 14.3 Å². The predicted molar refractivity (Wildman–Crippen MR) is 73.7 cm³/mol. The Hall–Kier alpha value is -1.10. The third-order valence-corrected chi connectivity index (χ3v) is 3.10. The molecule has 0 spiro atoms. The van der Waals surface area contributed by atoms with Crippen LogP contribution in [-0.4, -0.2) is 47.6 Å². The van der Waals surface area contributed by atoms with Gasteiger partial charge in [0.1, 0.15) is 0 Å². The average Bonchev–Trinajstić information content (AvgIpc) is 2.28. The number of carbonyl (C=O) groups is 2. The number of nitrogens with zero attached hydrogens (tertiary/aromatic N) is 1. The van der Waals surface area contributed by atoms with Crippen molar-refractivity contribution >= 4 is 11.9 Å². The van der Waals surface area contributed by atoms with Gasteiger partial charge in [0.15, 0.2) is 0 Å². The molecule has 0 radical (unpaired) electrons. The van der Waals surface area contributed by atoms with Gasteiger partial charge < -0.3 is 15.0 Å². The fourth-order valence-electron chi connectivity index (χ4n) is 2.72. The highest BCUT2D eigenvalue weighted by Gasteiger charge is 2.37. The normalized spacial score (nSPS) is 21.9. The Morgan fingerprint density at radius 3 is 2.53 bits per heavy atom. The number of hydrogen-bond acceptors (Lipinski definition) is 4. The molecule has 1 fully saturated rings. The molecule has 0 atom stereocenters. The van der Waals surface area contributed by atoms with Gasteiger partial charge in [-0.2, -0.15) is 0 Å². The number of rotatable bonds is 4. The van der Waals surface area contributed by atoms with Crippen LogP contribution in [0.2, 0.25) is 0 Å². The van der Waals surface area contributed by atoms with Crippen LogP contribution >= 0.6 is 0 Å². The summed E-state index contributed by atoms with van der Waals surface area (Å²) >= 11 is 0. The number of hydrogen-bond donors (Lipinski definition) is 1. The summed E-state index contributed by atoms with van der Waals surface area (Å²) in [5.74, 6) is -0.156. The Morgan fingerprint density at radius 1 is 1.32 bits per heavy atom. The second kappa shape index (κ2) is 5.90. The molecule has 110 valence electrons. The van der Waals surface area contributed by atoms with E-state index < -0.39 is 0 Å². The van der Waals surface area contributed by atoms with Crippen molar-refractivity contribution in [3.8, 4) is 0 Å². The van der Waals surface area contributed by atoms with Crippen LogP contribution in [0.1, 0.15) is 47.5 Å². The molecule has 1 N–H and O–H groups in total. The maximum absolute atomic E-state index is 12.2. The van der Waals surface area contributed by atoms with E-state index in [1.54, 1.807) is 11.8 Å². The van der Waals surface area contributed by atoms with Crippen LogP contribution in [-0.2, 0) is 14.3 Å². The summed E-state index contributed by atoms with van der Waals surface area (Å²) in [6.07, 6.45) is 0.704. The second-order valence-corrected chi connectivity index (χ2v) is 6.44. The minimum atomic E-state index is -0.246. The lowest BCUT2D eigenvalue weighted by atomic mass is 9.96. The van der Waals surface area contributed by atoms with Gasteiger partial charge >= 0.3 is 5.97 Å². The maximum Gasteiger partial charge on any atom is 0.307 e. The molecule has 1 amide bonds. The van der Waals surface area contributed by atoms with E-state index in [9.17, 15) is 9.59 Å². The van der Waals surface area contributed by atoms with Crippen LogP contribution in [0.4, 0.5) is 0 Å². The first-order chi connectivity index (χ1) is 8.65. The highest BCUT2D eigenvalue weighted by atomic mass is 16.5. The number of esters is 1. The molecule has 0 unspecified atom stereocenters. The van der Waals surface area contributed by atoms with Crippen LogP contribution in [0.15, 0.2) is 0 Å². The molecule has 0 aromatic rings. The number of carbonyl (C=O) groups excluding carboxylic acids is 2. The molecule has 1 aliphatic heterocycles. The molecule has 1 heterocycles. The van der Waals surface area contributed by atoms with Crippen LogP contribution in [0.25, 0.3) is 0 Å². The zero-order chi connectivity index (χ0) is 14.7. The maximum atomic E-state index is 12.2. The molecule has 5 nitrogen and oxygen atoms in total. The molecule has 1 aliphatic rings. The Balaban J connectivity index is 2.67. The van der Waals surface area contributed by atoms with E-state index in [-0.39, 0.29) is 29.4 Å². The third kappa shape index (κ3) is 5.19. The average molecular weight is 270 g/mol. The van der Waals surface area contributed by atoms with Crippen molar-refractivity contribution in [1.82, 2.24) is 10.2 Å². The summed E-state index contributed by atoms with van der Waals surface area (Å²) in [5, 5.41) is 3.49. The van der Waals surface area contributed by atoms with E-state index in [0.717, 1.165) is 0 Å². The van der Waals surface area contributed by atoms with Crippen molar-refractivity contribution in [1.29, 1.82) is 0 Å². The Bertz CT molecular complexity index is 351.